The van der Waals surface area contributed by atoms with Crippen LogP contribution in [-0.2, 0) is 9.59 Å². The van der Waals surface area contributed by atoms with Crippen LogP contribution in [-0.4, -0.2) is 52.5 Å². The third-order valence-corrected chi connectivity index (χ3v) is 5.00. The SMILES string of the molecule is NCC1CCCC1C(=O)N1CCSCC1C(=O)O. The molecule has 2 rings (SSSR count). The van der Waals surface area contributed by atoms with E-state index in [9.17, 15) is 14.7 Å². The van der Waals surface area contributed by atoms with E-state index >= 15 is 0 Å². The Kier molecular flexibility index (Phi) is 4.50. The molecular weight excluding hydrogens is 252 g/mol. The molecule has 0 radical (unpaired) electrons. The summed E-state index contributed by atoms with van der Waals surface area (Å²) in [6.45, 7) is 1.07. The van der Waals surface area contributed by atoms with Gasteiger partial charge in [-0.15, -0.1) is 0 Å². The van der Waals surface area contributed by atoms with Crippen molar-refractivity contribution in [2.45, 2.75) is 25.3 Å². The molecule has 3 atom stereocenters. The van der Waals surface area contributed by atoms with Crippen LogP contribution >= 0.6 is 11.8 Å². The first kappa shape index (κ1) is 13.7. The number of nitrogens with zero attached hydrogens (tertiary/aromatic N) is 1. The highest BCUT2D eigenvalue weighted by Crippen LogP contribution is 2.33. The Bertz CT molecular complexity index is 337. The number of carboxylic acid groups (broad SMARTS) is 1. The van der Waals surface area contributed by atoms with Gasteiger partial charge in [-0.3, -0.25) is 4.79 Å². The van der Waals surface area contributed by atoms with E-state index in [1.54, 1.807) is 16.7 Å². The molecule has 1 saturated carbocycles. The van der Waals surface area contributed by atoms with Gasteiger partial charge in [-0.1, -0.05) is 6.42 Å². The van der Waals surface area contributed by atoms with Crippen LogP contribution in [0.5, 0.6) is 0 Å². The molecule has 18 heavy (non-hydrogen) atoms. The summed E-state index contributed by atoms with van der Waals surface area (Å²) in [6.07, 6.45) is 2.88. The molecular formula is C12H20N2O3S. The van der Waals surface area contributed by atoms with Crippen LogP contribution in [0, 0.1) is 11.8 Å². The zero-order valence-corrected chi connectivity index (χ0v) is 11.2. The number of carboxylic acids is 1. The Hall–Kier alpha value is -0.750. The number of thioether (sulfide) groups is 1. The number of carbonyl (C=O) groups excluding carboxylic acids is 1. The molecule has 0 spiro atoms. The smallest absolute Gasteiger partial charge is 0.327 e. The average Bonchev–Trinajstić information content (AvgIpc) is 2.86. The number of nitrogens with two attached hydrogens (primary N) is 1. The van der Waals surface area contributed by atoms with Gasteiger partial charge < -0.3 is 15.7 Å². The van der Waals surface area contributed by atoms with E-state index in [1.807, 2.05) is 0 Å². The first-order valence-electron chi connectivity index (χ1n) is 6.46. The van der Waals surface area contributed by atoms with Crippen molar-refractivity contribution in [1.29, 1.82) is 0 Å². The number of amides is 1. The first-order valence-corrected chi connectivity index (χ1v) is 7.61. The monoisotopic (exact) mass is 272 g/mol. The summed E-state index contributed by atoms with van der Waals surface area (Å²) in [5.74, 6) is 0.631. The summed E-state index contributed by atoms with van der Waals surface area (Å²) in [5, 5.41) is 9.19. The molecule has 5 nitrogen and oxygen atoms in total. The summed E-state index contributed by atoms with van der Waals surface area (Å²) in [4.78, 5) is 25.3. The molecule has 0 aromatic rings. The van der Waals surface area contributed by atoms with Crippen LogP contribution in [0.3, 0.4) is 0 Å². The molecule has 1 amide bonds. The lowest BCUT2D eigenvalue weighted by Gasteiger charge is -2.35. The Morgan fingerprint density at radius 2 is 2.17 bits per heavy atom. The molecule has 1 saturated heterocycles. The second-order valence-corrected chi connectivity index (χ2v) is 6.14. The Morgan fingerprint density at radius 3 is 2.83 bits per heavy atom. The van der Waals surface area contributed by atoms with E-state index in [-0.39, 0.29) is 17.7 Å². The molecule has 0 bridgehead atoms. The lowest BCUT2D eigenvalue weighted by molar-refractivity contribution is -0.151. The molecule has 1 heterocycles. The van der Waals surface area contributed by atoms with Gasteiger partial charge in [-0.25, -0.2) is 4.79 Å². The summed E-state index contributed by atoms with van der Waals surface area (Å²) >= 11 is 1.60. The van der Waals surface area contributed by atoms with E-state index in [2.05, 4.69) is 0 Å². The first-order chi connectivity index (χ1) is 8.65. The minimum absolute atomic E-state index is 0.00986. The zero-order chi connectivity index (χ0) is 13.1. The fourth-order valence-corrected chi connectivity index (χ4v) is 3.97. The van der Waals surface area contributed by atoms with Gasteiger partial charge in [-0.2, -0.15) is 11.8 Å². The fourth-order valence-electron chi connectivity index (χ4n) is 2.93. The molecule has 1 aliphatic carbocycles. The molecule has 0 aromatic heterocycles. The zero-order valence-electron chi connectivity index (χ0n) is 10.4. The molecule has 102 valence electrons. The van der Waals surface area contributed by atoms with E-state index in [4.69, 9.17) is 5.73 Å². The summed E-state index contributed by atoms with van der Waals surface area (Å²) < 4.78 is 0. The maximum Gasteiger partial charge on any atom is 0.327 e. The molecule has 2 fully saturated rings. The van der Waals surface area contributed by atoms with E-state index in [0.29, 0.717) is 18.8 Å². The van der Waals surface area contributed by atoms with Gasteiger partial charge >= 0.3 is 5.97 Å². The van der Waals surface area contributed by atoms with Crippen molar-refractivity contribution in [3.05, 3.63) is 0 Å². The minimum atomic E-state index is -0.891. The summed E-state index contributed by atoms with van der Waals surface area (Å²) in [5.41, 5.74) is 5.69. The number of aliphatic carboxylic acids is 1. The van der Waals surface area contributed by atoms with Gasteiger partial charge in [-0.05, 0) is 25.3 Å². The van der Waals surface area contributed by atoms with Gasteiger partial charge in [0.1, 0.15) is 6.04 Å². The summed E-state index contributed by atoms with van der Waals surface area (Å²) in [7, 11) is 0. The number of rotatable bonds is 3. The number of hydrogen-bond donors (Lipinski definition) is 2. The standard InChI is InChI=1S/C12H20N2O3S/c13-6-8-2-1-3-9(8)11(15)14-4-5-18-7-10(14)12(16)17/h8-10H,1-7,13H2,(H,16,17). The van der Waals surface area contributed by atoms with E-state index < -0.39 is 12.0 Å². The fraction of sp³-hybridized carbons (Fsp3) is 0.833. The van der Waals surface area contributed by atoms with Crippen molar-refractivity contribution in [2.75, 3.05) is 24.6 Å². The quantitative estimate of drug-likeness (QED) is 0.776. The normalized spacial score (nSPS) is 32.5. The van der Waals surface area contributed by atoms with Gasteiger partial charge in [0.25, 0.3) is 0 Å². The van der Waals surface area contributed by atoms with Crippen LogP contribution < -0.4 is 5.73 Å². The Labute approximate surface area is 111 Å². The van der Waals surface area contributed by atoms with Crippen molar-refractivity contribution in [1.82, 2.24) is 4.90 Å². The summed E-state index contributed by atoms with van der Waals surface area (Å²) in [6, 6.07) is -0.657. The van der Waals surface area contributed by atoms with Crippen molar-refractivity contribution in [3.8, 4) is 0 Å². The van der Waals surface area contributed by atoms with Crippen LogP contribution in [0.25, 0.3) is 0 Å². The Morgan fingerprint density at radius 1 is 1.39 bits per heavy atom. The van der Waals surface area contributed by atoms with Crippen molar-refractivity contribution in [3.63, 3.8) is 0 Å². The highest BCUT2D eigenvalue weighted by atomic mass is 32.2. The molecule has 0 aromatic carbocycles. The Balaban J connectivity index is 2.08. The van der Waals surface area contributed by atoms with Gasteiger partial charge in [0.05, 0.1) is 0 Å². The molecule has 2 aliphatic rings. The second kappa shape index (κ2) is 5.93. The van der Waals surface area contributed by atoms with E-state index in [1.165, 1.54) is 0 Å². The maximum atomic E-state index is 12.5. The largest absolute Gasteiger partial charge is 0.480 e. The minimum Gasteiger partial charge on any atom is -0.480 e. The highest BCUT2D eigenvalue weighted by molar-refractivity contribution is 7.99. The van der Waals surface area contributed by atoms with E-state index in [0.717, 1.165) is 25.0 Å². The topological polar surface area (TPSA) is 83.6 Å². The molecule has 6 heteroatoms. The van der Waals surface area contributed by atoms with Crippen molar-refractivity contribution >= 4 is 23.6 Å². The van der Waals surface area contributed by atoms with Gasteiger partial charge in [0, 0.05) is 24.0 Å². The lowest BCUT2D eigenvalue weighted by Crippen LogP contribution is -2.52. The third kappa shape index (κ3) is 2.64. The van der Waals surface area contributed by atoms with Crippen LogP contribution in [0.4, 0.5) is 0 Å². The predicted octanol–water partition coefficient (Wildman–Crippen LogP) is 0.390. The second-order valence-electron chi connectivity index (χ2n) is 4.99. The average molecular weight is 272 g/mol. The maximum absolute atomic E-state index is 12.5. The molecule has 1 aliphatic heterocycles. The molecule has 3 unspecified atom stereocenters. The highest BCUT2D eigenvalue weighted by Gasteiger charge is 2.39. The number of hydrogen-bond acceptors (Lipinski definition) is 4. The van der Waals surface area contributed by atoms with Gasteiger partial charge in [0.15, 0.2) is 0 Å². The number of carbonyl (C=O) groups is 2. The molecule has 3 N–H and O–H groups in total. The van der Waals surface area contributed by atoms with Crippen molar-refractivity contribution in [2.24, 2.45) is 17.6 Å². The predicted molar refractivity (Wildman–Crippen MR) is 70.3 cm³/mol. The van der Waals surface area contributed by atoms with Crippen LogP contribution in [0.2, 0.25) is 0 Å². The van der Waals surface area contributed by atoms with Crippen LogP contribution in [0.15, 0.2) is 0 Å². The van der Waals surface area contributed by atoms with Crippen LogP contribution in [0.1, 0.15) is 19.3 Å². The van der Waals surface area contributed by atoms with Crippen molar-refractivity contribution < 1.29 is 14.7 Å². The third-order valence-electron chi connectivity index (χ3n) is 3.98. The lowest BCUT2D eigenvalue weighted by atomic mass is 9.94. The van der Waals surface area contributed by atoms with Gasteiger partial charge in [0.2, 0.25) is 5.91 Å².